The molecule has 0 spiro atoms. The number of carbonyl (C=O) groups excluding carboxylic acids is 1. The monoisotopic (exact) mass is 476 g/mol. The predicted molar refractivity (Wildman–Crippen MR) is 149 cm³/mol. The average Bonchev–Trinajstić information content (AvgIpc) is 2.95. The maximum Gasteiger partial charge on any atom is 0.315 e. The number of rotatable bonds is 2. The Bertz CT molecular complexity index is 1790. The largest absolute Gasteiger partial charge is 0.426 e. The summed E-state index contributed by atoms with van der Waals surface area (Å²) in [5.74, 6) is 0.429. The summed E-state index contributed by atoms with van der Waals surface area (Å²) in [4.78, 5) is 13.9. The molecule has 9 rings (SSSR count). The molecule has 2 heteroatoms. The second kappa shape index (κ2) is 7.78. The fraction of sp³-hybridized carbons (Fsp3) is 0.114. The third kappa shape index (κ3) is 3.09. The molecule has 0 aliphatic heterocycles. The van der Waals surface area contributed by atoms with Crippen LogP contribution >= 0.6 is 0 Å². The number of esters is 1. The SMILES string of the molecule is O=C(Oc1cccc2ccccc12)C1CC2c3cc4ccccc4cc3C1c1cc3ccccc3cc12. The van der Waals surface area contributed by atoms with E-state index in [0.717, 1.165) is 17.2 Å². The molecule has 3 aliphatic carbocycles. The van der Waals surface area contributed by atoms with Crippen molar-refractivity contribution >= 4 is 38.3 Å². The second-order valence-electron chi connectivity index (χ2n) is 10.4. The van der Waals surface area contributed by atoms with Crippen LogP contribution in [0.5, 0.6) is 5.75 Å². The van der Waals surface area contributed by atoms with Gasteiger partial charge >= 0.3 is 5.97 Å². The summed E-state index contributed by atoms with van der Waals surface area (Å²) in [6.07, 6.45) is 0.769. The van der Waals surface area contributed by atoms with Crippen LogP contribution in [0.4, 0.5) is 0 Å². The van der Waals surface area contributed by atoms with Crippen molar-refractivity contribution in [2.45, 2.75) is 18.3 Å². The lowest BCUT2D eigenvalue weighted by Gasteiger charge is -2.44. The summed E-state index contributed by atoms with van der Waals surface area (Å²) in [6, 6.07) is 40.4. The lowest BCUT2D eigenvalue weighted by molar-refractivity contribution is -0.140. The molecule has 6 aromatic rings. The van der Waals surface area contributed by atoms with Gasteiger partial charge in [-0.25, -0.2) is 0 Å². The molecule has 0 radical (unpaired) electrons. The van der Waals surface area contributed by atoms with Crippen LogP contribution in [0.1, 0.15) is 40.5 Å². The van der Waals surface area contributed by atoms with Crippen molar-refractivity contribution in [1.29, 1.82) is 0 Å². The lowest BCUT2D eigenvalue weighted by Crippen LogP contribution is -2.38. The zero-order valence-corrected chi connectivity index (χ0v) is 20.2. The zero-order chi connectivity index (χ0) is 24.5. The number of benzene rings is 6. The van der Waals surface area contributed by atoms with Crippen molar-refractivity contribution in [2.75, 3.05) is 0 Å². The molecule has 0 amide bonds. The standard InChI is InChI=1S/C35H24O2/c36-35(37-33-15-7-13-21-8-5-6-14-26(21)33)32-20-29-27-16-22-9-1-3-11-24(22)18-30(27)34(32)31-19-25-12-4-2-10-23(25)17-28(29)31/h1-19,29,32,34H,20H2. The van der Waals surface area contributed by atoms with Crippen molar-refractivity contribution < 1.29 is 9.53 Å². The first-order chi connectivity index (χ1) is 18.2. The fourth-order valence-electron chi connectivity index (χ4n) is 6.81. The van der Waals surface area contributed by atoms with E-state index in [1.54, 1.807) is 0 Å². The van der Waals surface area contributed by atoms with E-state index in [2.05, 4.69) is 84.9 Å². The van der Waals surface area contributed by atoms with Gasteiger partial charge in [-0.05, 0) is 61.7 Å². The summed E-state index contributed by atoms with van der Waals surface area (Å²) in [5, 5.41) is 7.00. The topological polar surface area (TPSA) is 26.3 Å². The van der Waals surface area contributed by atoms with Gasteiger partial charge in [-0.15, -0.1) is 0 Å². The van der Waals surface area contributed by atoms with Gasteiger partial charge in [0.2, 0.25) is 0 Å². The molecular weight excluding hydrogens is 452 g/mol. The molecule has 176 valence electrons. The number of hydrogen-bond donors (Lipinski definition) is 0. The first-order valence-electron chi connectivity index (χ1n) is 13.0. The highest BCUT2D eigenvalue weighted by Gasteiger charge is 2.47. The van der Waals surface area contributed by atoms with E-state index in [0.29, 0.717) is 5.75 Å². The summed E-state index contributed by atoms with van der Waals surface area (Å²) < 4.78 is 6.19. The third-order valence-corrected chi connectivity index (χ3v) is 8.48. The van der Waals surface area contributed by atoms with Crippen molar-refractivity contribution in [3.8, 4) is 5.75 Å². The predicted octanol–water partition coefficient (Wildman–Crippen LogP) is 8.35. The molecule has 0 heterocycles. The Balaban J connectivity index is 1.29. The molecule has 2 bridgehead atoms. The van der Waals surface area contributed by atoms with Gasteiger partial charge in [-0.1, -0.05) is 109 Å². The molecule has 0 saturated carbocycles. The highest BCUT2D eigenvalue weighted by molar-refractivity contribution is 5.93. The van der Waals surface area contributed by atoms with Gasteiger partial charge in [0, 0.05) is 17.2 Å². The van der Waals surface area contributed by atoms with Crippen molar-refractivity contribution in [3.05, 3.63) is 138 Å². The Morgan fingerprint density at radius 1 is 0.568 bits per heavy atom. The minimum atomic E-state index is -0.230. The molecule has 3 aliphatic rings. The summed E-state index contributed by atoms with van der Waals surface area (Å²) in [5.41, 5.74) is 5.27. The molecule has 2 nitrogen and oxygen atoms in total. The Morgan fingerprint density at radius 3 is 1.65 bits per heavy atom. The van der Waals surface area contributed by atoms with E-state index in [1.807, 2.05) is 30.3 Å². The number of hydrogen-bond acceptors (Lipinski definition) is 2. The summed E-state index contributed by atoms with van der Waals surface area (Å²) in [7, 11) is 0. The van der Waals surface area contributed by atoms with E-state index >= 15 is 0 Å². The van der Waals surface area contributed by atoms with Crippen LogP contribution in [0.15, 0.2) is 115 Å². The van der Waals surface area contributed by atoms with Crippen LogP contribution in [0, 0.1) is 5.92 Å². The Kier molecular flexibility index (Phi) is 4.36. The van der Waals surface area contributed by atoms with Crippen molar-refractivity contribution in [2.24, 2.45) is 5.92 Å². The molecule has 37 heavy (non-hydrogen) atoms. The molecule has 0 N–H and O–H groups in total. The number of fused-ring (bicyclic) bond motifs is 4. The maximum absolute atomic E-state index is 13.9. The molecule has 0 saturated heterocycles. The van der Waals surface area contributed by atoms with Gasteiger partial charge in [0.25, 0.3) is 0 Å². The minimum Gasteiger partial charge on any atom is -0.426 e. The van der Waals surface area contributed by atoms with Crippen LogP contribution in [0.3, 0.4) is 0 Å². The summed E-state index contributed by atoms with van der Waals surface area (Å²) >= 11 is 0. The normalized spacial score (nSPS) is 19.6. The smallest absolute Gasteiger partial charge is 0.315 e. The van der Waals surface area contributed by atoms with Crippen molar-refractivity contribution in [1.82, 2.24) is 0 Å². The van der Waals surface area contributed by atoms with Gasteiger partial charge in [-0.2, -0.15) is 0 Å². The lowest BCUT2D eigenvalue weighted by atomic mass is 9.58. The highest BCUT2D eigenvalue weighted by atomic mass is 16.5. The Morgan fingerprint density at radius 2 is 1.05 bits per heavy atom. The fourth-order valence-corrected chi connectivity index (χ4v) is 6.81. The van der Waals surface area contributed by atoms with E-state index in [-0.39, 0.29) is 23.7 Å². The van der Waals surface area contributed by atoms with Crippen LogP contribution in [0.2, 0.25) is 0 Å². The molecule has 0 fully saturated rings. The number of ether oxygens (including phenoxy) is 1. The molecule has 1 atom stereocenters. The van der Waals surface area contributed by atoms with Crippen LogP contribution in [0.25, 0.3) is 32.3 Å². The molecule has 1 unspecified atom stereocenters. The van der Waals surface area contributed by atoms with E-state index < -0.39 is 0 Å². The van der Waals surface area contributed by atoms with Crippen molar-refractivity contribution in [3.63, 3.8) is 0 Å². The Hall–Kier alpha value is -4.43. The van der Waals surface area contributed by atoms with Gasteiger partial charge in [0.1, 0.15) is 5.75 Å². The van der Waals surface area contributed by atoms with E-state index in [1.165, 1.54) is 43.8 Å². The van der Waals surface area contributed by atoms with Crippen LogP contribution < -0.4 is 4.74 Å². The minimum absolute atomic E-state index is 0.0216. The average molecular weight is 477 g/mol. The second-order valence-corrected chi connectivity index (χ2v) is 10.4. The van der Waals surface area contributed by atoms with Gasteiger partial charge in [0.05, 0.1) is 5.92 Å². The first-order valence-corrected chi connectivity index (χ1v) is 13.0. The highest BCUT2D eigenvalue weighted by Crippen LogP contribution is 2.57. The zero-order valence-electron chi connectivity index (χ0n) is 20.2. The number of carbonyl (C=O) groups is 1. The summed E-state index contributed by atoms with van der Waals surface area (Å²) in [6.45, 7) is 0. The molecular formula is C35H24O2. The van der Waals surface area contributed by atoms with Gasteiger partial charge < -0.3 is 4.74 Å². The quantitative estimate of drug-likeness (QED) is 0.185. The Labute approximate surface area is 215 Å². The van der Waals surface area contributed by atoms with Gasteiger partial charge in [-0.3, -0.25) is 4.79 Å². The maximum atomic E-state index is 13.9. The third-order valence-electron chi connectivity index (χ3n) is 8.48. The first kappa shape index (κ1) is 20.7. The van der Waals surface area contributed by atoms with Gasteiger partial charge in [0.15, 0.2) is 0 Å². The van der Waals surface area contributed by atoms with E-state index in [9.17, 15) is 4.79 Å². The molecule has 6 aromatic carbocycles. The van der Waals surface area contributed by atoms with E-state index in [4.69, 9.17) is 4.74 Å². The molecule has 0 aromatic heterocycles. The van der Waals surface area contributed by atoms with Crippen LogP contribution in [-0.2, 0) is 4.79 Å². The van der Waals surface area contributed by atoms with Crippen LogP contribution in [-0.4, -0.2) is 5.97 Å².